The minimum Gasteiger partial charge on any atom is -1.00 e. The molecule has 0 saturated heterocycles. The Morgan fingerprint density at radius 1 is 0.905 bits per heavy atom. The molecule has 0 saturated carbocycles. The molecule has 2 aromatic carbocycles. The standard InChI is InChI=1S/C15H17O3PS.Na.H/c16-20(17,18)13-7-12-19(14-8-3-1-4-9-14)15-10-5-2-6-11-15;;/h1-6,8-11H,7,12-13H2,(H,16,17,18);;/q;+1;-1. The second kappa shape index (κ2) is 9.04. The van der Waals surface area contributed by atoms with Crippen molar-refractivity contribution in [1.29, 1.82) is 0 Å². The maximum atomic E-state index is 10.8. The van der Waals surface area contributed by atoms with E-state index in [0.29, 0.717) is 6.42 Å². The van der Waals surface area contributed by atoms with Crippen molar-refractivity contribution in [3.8, 4) is 0 Å². The molecule has 0 unspecified atom stereocenters. The van der Waals surface area contributed by atoms with Crippen LogP contribution in [0, 0.1) is 0 Å². The Morgan fingerprint density at radius 2 is 1.33 bits per heavy atom. The predicted molar refractivity (Wildman–Crippen MR) is 86.1 cm³/mol. The van der Waals surface area contributed by atoms with Crippen LogP contribution in [-0.2, 0) is 10.1 Å². The van der Waals surface area contributed by atoms with Crippen LogP contribution in [0.25, 0.3) is 0 Å². The van der Waals surface area contributed by atoms with Gasteiger partial charge < -0.3 is 1.43 Å². The van der Waals surface area contributed by atoms with Gasteiger partial charge in [-0.2, -0.15) is 8.42 Å². The fourth-order valence-electron chi connectivity index (χ4n) is 2.03. The smallest absolute Gasteiger partial charge is 1.00 e. The van der Waals surface area contributed by atoms with E-state index in [1.165, 1.54) is 10.6 Å². The first-order valence-electron chi connectivity index (χ1n) is 6.39. The molecule has 0 radical (unpaired) electrons. The largest absolute Gasteiger partial charge is 1.00 e. The topological polar surface area (TPSA) is 54.4 Å². The summed E-state index contributed by atoms with van der Waals surface area (Å²) in [6, 6.07) is 20.2. The van der Waals surface area contributed by atoms with Crippen molar-refractivity contribution < 1.29 is 44.0 Å². The van der Waals surface area contributed by atoms with Gasteiger partial charge in [-0.05, 0) is 31.1 Å². The van der Waals surface area contributed by atoms with Gasteiger partial charge >= 0.3 is 29.6 Å². The average molecular weight is 332 g/mol. The molecule has 21 heavy (non-hydrogen) atoms. The number of hydrogen-bond acceptors (Lipinski definition) is 2. The molecule has 2 rings (SSSR count). The van der Waals surface area contributed by atoms with E-state index in [1.54, 1.807) is 0 Å². The van der Waals surface area contributed by atoms with Gasteiger partial charge in [-0.1, -0.05) is 60.7 Å². The van der Waals surface area contributed by atoms with Crippen LogP contribution in [-0.4, -0.2) is 24.9 Å². The van der Waals surface area contributed by atoms with Crippen LogP contribution < -0.4 is 40.2 Å². The Bertz CT molecular complexity index is 599. The van der Waals surface area contributed by atoms with Gasteiger partial charge in [0.25, 0.3) is 10.1 Å². The zero-order chi connectivity index (χ0) is 14.4. The molecule has 0 aromatic heterocycles. The summed E-state index contributed by atoms with van der Waals surface area (Å²) in [6.45, 7) is 0. The first-order valence-corrected chi connectivity index (χ1v) is 9.53. The van der Waals surface area contributed by atoms with Gasteiger partial charge in [-0.15, -0.1) is 0 Å². The van der Waals surface area contributed by atoms with E-state index in [-0.39, 0.29) is 36.7 Å². The van der Waals surface area contributed by atoms with E-state index < -0.39 is 18.0 Å². The summed E-state index contributed by atoms with van der Waals surface area (Å²) in [6.07, 6.45) is 1.22. The van der Waals surface area contributed by atoms with Crippen LogP contribution in [0.1, 0.15) is 7.85 Å². The fourth-order valence-corrected chi connectivity index (χ4v) is 5.10. The summed E-state index contributed by atoms with van der Waals surface area (Å²) in [5.41, 5.74) is 0. The molecule has 6 heteroatoms. The minimum absolute atomic E-state index is 0. The average Bonchev–Trinajstić information content (AvgIpc) is 2.44. The van der Waals surface area contributed by atoms with Crippen LogP contribution in [0.5, 0.6) is 0 Å². The summed E-state index contributed by atoms with van der Waals surface area (Å²) >= 11 is 0. The molecule has 0 atom stereocenters. The molecule has 0 aliphatic carbocycles. The van der Waals surface area contributed by atoms with Crippen LogP contribution in [0.2, 0.25) is 0 Å². The summed E-state index contributed by atoms with van der Waals surface area (Å²) in [4.78, 5) is 0. The molecular weight excluding hydrogens is 314 g/mol. The summed E-state index contributed by atoms with van der Waals surface area (Å²) in [7, 11) is -4.45. The van der Waals surface area contributed by atoms with E-state index >= 15 is 0 Å². The Hall–Kier alpha value is -0.220. The van der Waals surface area contributed by atoms with Gasteiger partial charge in [0, 0.05) is 0 Å². The van der Waals surface area contributed by atoms with E-state index in [4.69, 9.17) is 4.55 Å². The second-order valence-corrected chi connectivity index (χ2v) is 8.37. The Balaban J connectivity index is 0.00000220. The van der Waals surface area contributed by atoms with E-state index in [0.717, 1.165) is 6.16 Å². The molecule has 1 N–H and O–H groups in total. The van der Waals surface area contributed by atoms with Crippen molar-refractivity contribution in [2.45, 2.75) is 6.42 Å². The van der Waals surface area contributed by atoms with Gasteiger partial charge in [-0.25, -0.2) is 0 Å². The Morgan fingerprint density at radius 3 is 1.71 bits per heavy atom. The minimum atomic E-state index is -3.87. The van der Waals surface area contributed by atoms with Crippen molar-refractivity contribution in [1.82, 2.24) is 0 Å². The third-order valence-corrected chi connectivity index (χ3v) is 6.33. The molecule has 0 aliphatic rings. The van der Waals surface area contributed by atoms with Crippen molar-refractivity contribution >= 4 is 28.6 Å². The Labute approximate surface area is 151 Å². The fraction of sp³-hybridized carbons (Fsp3) is 0.200. The third kappa shape index (κ3) is 6.60. The molecule has 0 heterocycles. The molecule has 2 aromatic rings. The maximum absolute atomic E-state index is 10.8. The summed E-state index contributed by atoms with van der Waals surface area (Å²) < 4.78 is 30.5. The summed E-state index contributed by atoms with van der Waals surface area (Å²) in [5.74, 6) is -0.175. The van der Waals surface area contributed by atoms with Crippen LogP contribution in [0.15, 0.2) is 60.7 Å². The van der Waals surface area contributed by atoms with E-state index in [9.17, 15) is 8.42 Å². The third-order valence-electron chi connectivity index (χ3n) is 2.92. The molecule has 0 bridgehead atoms. The van der Waals surface area contributed by atoms with Crippen LogP contribution >= 0.6 is 7.92 Å². The monoisotopic (exact) mass is 332 g/mol. The zero-order valence-electron chi connectivity index (χ0n) is 13.0. The summed E-state index contributed by atoms with van der Waals surface area (Å²) in [5, 5.41) is 2.45. The van der Waals surface area contributed by atoms with E-state index in [1.807, 2.05) is 36.4 Å². The normalized spacial score (nSPS) is 11.1. The van der Waals surface area contributed by atoms with E-state index in [2.05, 4.69) is 24.3 Å². The maximum Gasteiger partial charge on any atom is 1.00 e. The molecule has 0 aliphatic heterocycles. The van der Waals surface area contributed by atoms with Crippen molar-refractivity contribution in [3.63, 3.8) is 0 Å². The number of benzene rings is 2. The molecule has 108 valence electrons. The SMILES string of the molecule is O=S(=O)(O)CCCP(c1ccccc1)c1ccccc1.[H-].[Na+]. The van der Waals surface area contributed by atoms with Gasteiger partial charge in [-0.3, -0.25) is 4.55 Å². The van der Waals surface area contributed by atoms with Crippen LogP contribution in [0.3, 0.4) is 0 Å². The molecular formula is C15H18NaO3PS. The van der Waals surface area contributed by atoms with Crippen molar-refractivity contribution in [3.05, 3.63) is 60.7 Å². The predicted octanol–water partition coefficient (Wildman–Crippen LogP) is -0.486. The van der Waals surface area contributed by atoms with Gasteiger partial charge in [0.1, 0.15) is 0 Å². The Kier molecular flexibility index (Phi) is 8.10. The molecule has 0 spiro atoms. The second-order valence-electron chi connectivity index (χ2n) is 4.46. The molecule has 3 nitrogen and oxygen atoms in total. The van der Waals surface area contributed by atoms with Crippen molar-refractivity contribution in [2.24, 2.45) is 0 Å². The zero-order valence-corrected chi connectivity index (χ0v) is 15.7. The first-order chi connectivity index (χ1) is 9.56. The number of rotatable bonds is 6. The molecule has 0 amide bonds. The first kappa shape index (κ1) is 18.8. The van der Waals surface area contributed by atoms with Gasteiger partial charge in [0.2, 0.25) is 0 Å². The van der Waals surface area contributed by atoms with Gasteiger partial charge in [0.15, 0.2) is 0 Å². The molecule has 0 fully saturated rings. The quantitative estimate of drug-likeness (QED) is 0.441. The van der Waals surface area contributed by atoms with Crippen molar-refractivity contribution in [2.75, 3.05) is 11.9 Å². The van der Waals surface area contributed by atoms with Crippen LogP contribution in [0.4, 0.5) is 0 Å². The number of hydrogen-bond donors (Lipinski definition) is 1. The van der Waals surface area contributed by atoms with Gasteiger partial charge in [0.05, 0.1) is 5.75 Å².